The zero-order chi connectivity index (χ0) is 20.9. The number of aromatic nitrogens is 1. The van der Waals surface area contributed by atoms with E-state index in [-0.39, 0.29) is 11.9 Å². The molecule has 0 radical (unpaired) electrons. The molecule has 0 aliphatic carbocycles. The van der Waals surface area contributed by atoms with E-state index in [1.165, 1.54) is 21.7 Å². The molecular weight excluding hydrogens is 415 g/mol. The Morgan fingerprint density at radius 3 is 2.97 bits per heavy atom. The Balaban J connectivity index is 1.47. The van der Waals surface area contributed by atoms with Crippen molar-refractivity contribution in [2.75, 3.05) is 45.2 Å². The molecule has 8 nitrogen and oxygen atoms in total. The zero-order valence-electron chi connectivity index (χ0n) is 16.4. The number of hydrogen-bond acceptors (Lipinski definition) is 6. The van der Waals surface area contributed by atoms with Crippen LogP contribution >= 0.6 is 11.3 Å². The minimum absolute atomic E-state index is 0.0928. The standard InChI is InChI=1S/C18H25FN6O2S2/c1-20-18(22-9-11-24(2)29(26,27)16-6-4-12-28-16)23-14-7-10-25(13-14)17-15(19)5-3-8-21-17/h3-6,8,12,14H,7,9-11,13H2,1-2H3,(H2,20,22,23). The van der Waals surface area contributed by atoms with Gasteiger partial charge in [-0.2, -0.15) is 4.31 Å². The number of nitrogens with one attached hydrogen (secondary N) is 2. The number of rotatable bonds is 7. The van der Waals surface area contributed by atoms with Gasteiger partial charge in [0.25, 0.3) is 10.0 Å². The predicted octanol–water partition coefficient (Wildman–Crippen LogP) is 1.35. The van der Waals surface area contributed by atoms with Gasteiger partial charge in [-0.1, -0.05) is 6.07 Å². The monoisotopic (exact) mass is 440 g/mol. The lowest BCUT2D eigenvalue weighted by Crippen LogP contribution is -2.46. The zero-order valence-corrected chi connectivity index (χ0v) is 18.0. The molecule has 3 heterocycles. The van der Waals surface area contributed by atoms with Crippen LogP contribution in [0.15, 0.2) is 45.0 Å². The van der Waals surface area contributed by atoms with E-state index in [9.17, 15) is 12.8 Å². The Kier molecular flexibility index (Phi) is 7.04. The largest absolute Gasteiger partial charge is 0.355 e. The molecule has 1 aliphatic heterocycles. The third-order valence-corrected chi connectivity index (χ3v) is 7.90. The van der Waals surface area contributed by atoms with Gasteiger partial charge in [-0.05, 0) is 30.0 Å². The van der Waals surface area contributed by atoms with Crippen molar-refractivity contribution in [1.82, 2.24) is 19.9 Å². The molecular formula is C18H25FN6O2S2. The van der Waals surface area contributed by atoms with Crippen molar-refractivity contribution in [3.8, 4) is 0 Å². The van der Waals surface area contributed by atoms with Gasteiger partial charge in [-0.25, -0.2) is 17.8 Å². The molecule has 158 valence electrons. The van der Waals surface area contributed by atoms with Crippen molar-refractivity contribution in [2.45, 2.75) is 16.7 Å². The van der Waals surface area contributed by atoms with Crippen LogP contribution in [-0.2, 0) is 10.0 Å². The summed E-state index contributed by atoms with van der Waals surface area (Å²) in [4.78, 5) is 10.2. The highest BCUT2D eigenvalue weighted by molar-refractivity contribution is 7.91. The van der Waals surface area contributed by atoms with E-state index >= 15 is 0 Å². The second-order valence-electron chi connectivity index (χ2n) is 6.64. The molecule has 0 bridgehead atoms. The lowest BCUT2D eigenvalue weighted by atomic mass is 10.3. The fourth-order valence-electron chi connectivity index (χ4n) is 3.08. The van der Waals surface area contributed by atoms with Crippen LogP contribution in [0.25, 0.3) is 0 Å². The summed E-state index contributed by atoms with van der Waals surface area (Å²) in [5.41, 5.74) is 0. The third-order valence-electron chi connectivity index (χ3n) is 4.67. The molecule has 2 aromatic heterocycles. The highest BCUT2D eigenvalue weighted by Gasteiger charge is 2.26. The summed E-state index contributed by atoms with van der Waals surface area (Å²) >= 11 is 1.20. The van der Waals surface area contributed by atoms with E-state index in [1.807, 2.05) is 4.90 Å². The highest BCUT2D eigenvalue weighted by Crippen LogP contribution is 2.21. The molecule has 1 fully saturated rings. The van der Waals surface area contributed by atoms with E-state index in [0.717, 1.165) is 6.42 Å². The van der Waals surface area contributed by atoms with Gasteiger partial charge in [0.05, 0.1) is 0 Å². The van der Waals surface area contributed by atoms with Gasteiger partial charge in [0, 0.05) is 52.5 Å². The van der Waals surface area contributed by atoms with Crippen molar-refractivity contribution in [2.24, 2.45) is 4.99 Å². The molecule has 3 rings (SSSR count). The van der Waals surface area contributed by atoms with Gasteiger partial charge in [0.1, 0.15) is 4.21 Å². The average molecular weight is 441 g/mol. The fourth-order valence-corrected chi connectivity index (χ4v) is 5.46. The van der Waals surface area contributed by atoms with Crippen LogP contribution in [0.1, 0.15) is 6.42 Å². The summed E-state index contributed by atoms with van der Waals surface area (Å²) in [5, 5.41) is 8.19. The Labute approximate surface area is 174 Å². The van der Waals surface area contributed by atoms with Crippen LogP contribution < -0.4 is 15.5 Å². The first kappa shape index (κ1) is 21.5. The number of anilines is 1. The minimum Gasteiger partial charge on any atom is -0.355 e. The van der Waals surface area contributed by atoms with Gasteiger partial charge in [0.15, 0.2) is 17.6 Å². The van der Waals surface area contributed by atoms with Gasteiger partial charge in [0.2, 0.25) is 0 Å². The summed E-state index contributed by atoms with van der Waals surface area (Å²) in [6, 6.07) is 6.39. The van der Waals surface area contributed by atoms with Gasteiger partial charge in [-0.3, -0.25) is 4.99 Å². The molecule has 0 saturated carbocycles. The maximum absolute atomic E-state index is 13.9. The van der Waals surface area contributed by atoms with E-state index < -0.39 is 10.0 Å². The predicted molar refractivity (Wildman–Crippen MR) is 113 cm³/mol. The summed E-state index contributed by atoms with van der Waals surface area (Å²) in [5.74, 6) is 0.617. The molecule has 0 spiro atoms. The second kappa shape index (κ2) is 9.51. The maximum atomic E-state index is 13.9. The number of aliphatic imine (C=N–C) groups is 1. The van der Waals surface area contributed by atoms with Crippen LogP contribution in [0.3, 0.4) is 0 Å². The molecule has 1 atom stereocenters. The number of hydrogen-bond donors (Lipinski definition) is 2. The van der Waals surface area contributed by atoms with Crippen molar-refractivity contribution >= 4 is 33.1 Å². The number of pyridine rings is 1. The second-order valence-corrected chi connectivity index (χ2v) is 9.86. The normalized spacial score (nSPS) is 17.7. The Morgan fingerprint density at radius 1 is 1.45 bits per heavy atom. The number of likely N-dealkylation sites (N-methyl/N-ethyl adjacent to an activating group) is 1. The molecule has 1 saturated heterocycles. The van der Waals surface area contributed by atoms with Crippen molar-refractivity contribution in [3.63, 3.8) is 0 Å². The van der Waals surface area contributed by atoms with E-state index in [1.54, 1.807) is 43.9 Å². The van der Waals surface area contributed by atoms with E-state index in [0.29, 0.717) is 42.2 Å². The molecule has 1 aliphatic rings. The van der Waals surface area contributed by atoms with E-state index in [2.05, 4.69) is 20.6 Å². The van der Waals surface area contributed by atoms with Crippen molar-refractivity contribution < 1.29 is 12.8 Å². The smallest absolute Gasteiger partial charge is 0.252 e. The lowest BCUT2D eigenvalue weighted by Gasteiger charge is -2.21. The number of nitrogens with zero attached hydrogens (tertiary/aromatic N) is 4. The summed E-state index contributed by atoms with van der Waals surface area (Å²) < 4.78 is 40.4. The summed E-state index contributed by atoms with van der Waals surface area (Å²) in [7, 11) is -0.244. The Bertz CT molecular complexity index is 936. The van der Waals surface area contributed by atoms with Crippen LogP contribution in [0.4, 0.5) is 10.2 Å². The SMILES string of the molecule is CN=C(NCCN(C)S(=O)(=O)c1cccs1)NC1CCN(c2ncccc2F)C1. The average Bonchev–Trinajstić information content (AvgIpc) is 3.40. The van der Waals surface area contributed by atoms with Gasteiger partial charge in [-0.15, -0.1) is 11.3 Å². The first-order chi connectivity index (χ1) is 13.9. The van der Waals surface area contributed by atoms with Crippen molar-refractivity contribution in [3.05, 3.63) is 41.7 Å². The Hall–Kier alpha value is -2.24. The van der Waals surface area contributed by atoms with Crippen molar-refractivity contribution in [1.29, 1.82) is 0 Å². The van der Waals surface area contributed by atoms with Crippen LogP contribution in [0.5, 0.6) is 0 Å². The molecule has 29 heavy (non-hydrogen) atoms. The van der Waals surface area contributed by atoms with Crippen LogP contribution in [0, 0.1) is 5.82 Å². The number of halogens is 1. The van der Waals surface area contributed by atoms with Gasteiger partial charge >= 0.3 is 0 Å². The molecule has 11 heteroatoms. The molecule has 2 aromatic rings. The summed E-state index contributed by atoms with van der Waals surface area (Å²) in [6.45, 7) is 2.02. The number of thiophene rings is 1. The Morgan fingerprint density at radius 2 is 2.28 bits per heavy atom. The number of sulfonamides is 1. The third kappa shape index (κ3) is 5.22. The molecule has 0 amide bonds. The molecule has 0 aromatic carbocycles. The molecule has 2 N–H and O–H groups in total. The van der Waals surface area contributed by atoms with Crippen LogP contribution in [0.2, 0.25) is 0 Å². The fraction of sp³-hybridized carbons (Fsp3) is 0.444. The van der Waals surface area contributed by atoms with Gasteiger partial charge < -0.3 is 15.5 Å². The maximum Gasteiger partial charge on any atom is 0.252 e. The van der Waals surface area contributed by atoms with Crippen LogP contribution in [-0.4, -0.2) is 70.0 Å². The lowest BCUT2D eigenvalue weighted by molar-refractivity contribution is 0.471. The number of guanidine groups is 1. The summed E-state index contributed by atoms with van der Waals surface area (Å²) in [6.07, 6.45) is 2.41. The quantitative estimate of drug-likeness (QED) is 0.499. The first-order valence-electron chi connectivity index (χ1n) is 9.24. The van der Waals surface area contributed by atoms with E-state index in [4.69, 9.17) is 0 Å². The first-order valence-corrected chi connectivity index (χ1v) is 11.6. The molecule has 1 unspecified atom stereocenters. The highest BCUT2D eigenvalue weighted by atomic mass is 32.2. The minimum atomic E-state index is -3.46. The topological polar surface area (TPSA) is 89.9 Å².